The van der Waals surface area contributed by atoms with E-state index in [1.165, 1.54) is 19.3 Å². The number of aromatic nitrogens is 3. The number of alkyl halides is 3. The van der Waals surface area contributed by atoms with Crippen molar-refractivity contribution >= 4 is 27.0 Å². The van der Waals surface area contributed by atoms with Crippen LogP contribution in [-0.4, -0.2) is 14.8 Å². The Morgan fingerprint density at radius 1 is 1.40 bits per heavy atom. The van der Waals surface area contributed by atoms with Crippen molar-refractivity contribution in [3.8, 4) is 0 Å². The third-order valence-electron chi connectivity index (χ3n) is 1.93. The van der Waals surface area contributed by atoms with Gasteiger partial charge in [0.25, 0.3) is 0 Å². The lowest BCUT2D eigenvalue weighted by Gasteiger charge is -2.06. The Kier molecular flexibility index (Phi) is 2.22. The number of nitrogens with zero attached hydrogens (tertiary/aromatic N) is 3. The van der Waals surface area contributed by atoms with E-state index in [4.69, 9.17) is 0 Å². The average molecular weight is 280 g/mol. The molecule has 0 aliphatic heterocycles. The van der Waals surface area contributed by atoms with Gasteiger partial charge in [0.15, 0.2) is 11.3 Å². The van der Waals surface area contributed by atoms with Gasteiger partial charge in [0.05, 0.1) is 5.39 Å². The summed E-state index contributed by atoms with van der Waals surface area (Å²) < 4.78 is 39.2. The molecule has 0 radical (unpaired) electrons. The molecular weight excluding hydrogens is 275 g/mol. The first-order valence-electron chi connectivity index (χ1n) is 3.95. The molecule has 0 aliphatic rings. The third kappa shape index (κ3) is 1.71. The molecule has 0 aromatic carbocycles. The predicted octanol–water partition coefficient (Wildman–Crippen LogP) is 2.75. The van der Waals surface area contributed by atoms with Gasteiger partial charge in [-0.05, 0) is 22.0 Å². The highest BCUT2D eigenvalue weighted by Crippen LogP contribution is 2.34. The molecule has 2 aromatic heterocycles. The molecule has 0 saturated heterocycles. The van der Waals surface area contributed by atoms with E-state index in [-0.39, 0.29) is 11.0 Å². The minimum atomic E-state index is -4.42. The Labute approximate surface area is 91.0 Å². The number of aryl methyl sites for hydroxylation is 1. The summed E-state index contributed by atoms with van der Waals surface area (Å²) in [6.07, 6.45) is -3.01. The summed E-state index contributed by atoms with van der Waals surface area (Å²) >= 11 is 3.08. The summed E-state index contributed by atoms with van der Waals surface area (Å²) in [5, 5.41) is 3.68. The van der Waals surface area contributed by atoms with Gasteiger partial charge in [-0.25, -0.2) is 4.98 Å². The normalized spacial score (nSPS) is 12.3. The number of hydrogen-bond donors (Lipinski definition) is 0. The van der Waals surface area contributed by atoms with Crippen LogP contribution in [0.5, 0.6) is 0 Å². The number of rotatable bonds is 0. The fourth-order valence-electron chi connectivity index (χ4n) is 1.39. The van der Waals surface area contributed by atoms with Gasteiger partial charge in [-0.2, -0.15) is 18.3 Å². The van der Waals surface area contributed by atoms with Gasteiger partial charge >= 0.3 is 6.18 Å². The van der Waals surface area contributed by atoms with Crippen LogP contribution < -0.4 is 0 Å². The Balaban J connectivity index is 2.82. The molecule has 0 aliphatic carbocycles. The molecule has 0 unspecified atom stereocenters. The zero-order valence-corrected chi connectivity index (χ0v) is 9.09. The minimum Gasteiger partial charge on any atom is -0.261 e. The number of pyridine rings is 1. The molecule has 0 N–H and O–H groups in total. The van der Waals surface area contributed by atoms with Crippen molar-refractivity contribution in [2.75, 3.05) is 0 Å². The maximum absolute atomic E-state index is 12.6. The van der Waals surface area contributed by atoms with Crippen LogP contribution in [0.4, 0.5) is 13.2 Å². The molecule has 0 spiro atoms. The van der Waals surface area contributed by atoms with E-state index in [1.807, 2.05) is 0 Å². The van der Waals surface area contributed by atoms with Gasteiger partial charge in [-0.15, -0.1) is 0 Å². The lowest BCUT2D eigenvalue weighted by Crippen LogP contribution is -2.11. The van der Waals surface area contributed by atoms with Crippen molar-refractivity contribution in [3.63, 3.8) is 0 Å². The topological polar surface area (TPSA) is 30.7 Å². The Hall–Kier alpha value is -1.11. The number of hydrogen-bond acceptors (Lipinski definition) is 2. The van der Waals surface area contributed by atoms with Crippen molar-refractivity contribution in [3.05, 3.63) is 22.4 Å². The highest BCUT2D eigenvalue weighted by atomic mass is 79.9. The zero-order chi connectivity index (χ0) is 11.2. The lowest BCUT2D eigenvalue weighted by molar-refractivity contribution is -0.142. The first-order valence-corrected chi connectivity index (χ1v) is 4.74. The number of fused-ring (bicyclic) bond motifs is 1. The van der Waals surface area contributed by atoms with Gasteiger partial charge in [-0.1, -0.05) is 0 Å². The molecule has 3 nitrogen and oxygen atoms in total. The van der Waals surface area contributed by atoms with Crippen LogP contribution in [0.2, 0.25) is 0 Å². The summed E-state index contributed by atoms with van der Waals surface area (Å²) in [5.74, 6) is 0. The molecule has 2 aromatic rings. The third-order valence-corrected chi connectivity index (χ3v) is 2.36. The first kappa shape index (κ1) is 10.4. The molecule has 80 valence electrons. The predicted molar refractivity (Wildman–Crippen MR) is 51.2 cm³/mol. The fourth-order valence-corrected chi connectivity index (χ4v) is 1.72. The van der Waals surface area contributed by atoms with Crippen LogP contribution in [0.25, 0.3) is 11.0 Å². The molecule has 0 fully saturated rings. The quantitative estimate of drug-likeness (QED) is 0.743. The molecule has 2 heterocycles. The molecule has 15 heavy (non-hydrogen) atoms. The maximum Gasteiger partial charge on any atom is 0.433 e. The van der Waals surface area contributed by atoms with Crippen molar-refractivity contribution in [2.24, 2.45) is 7.05 Å². The highest BCUT2D eigenvalue weighted by molar-refractivity contribution is 9.10. The second-order valence-corrected chi connectivity index (χ2v) is 3.91. The van der Waals surface area contributed by atoms with Crippen LogP contribution in [-0.2, 0) is 13.2 Å². The van der Waals surface area contributed by atoms with Crippen molar-refractivity contribution < 1.29 is 13.2 Å². The van der Waals surface area contributed by atoms with E-state index in [2.05, 4.69) is 26.0 Å². The summed E-state index contributed by atoms with van der Waals surface area (Å²) in [4.78, 5) is 3.80. The summed E-state index contributed by atoms with van der Waals surface area (Å²) in [5.41, 5.74) is -0.695. The minimum absolute atomic E-state index is 0.000579. The van der Waals surface area contributed by atoms with Crippen LogP contribution >= 0.6 is 15.9 Å². The summed E-state index contributed by atoms with van der Waals surface area (Å²) in [6.45, 7) is 0. The first-order chi connectivity index (χ1) is 6.89. The molecular formula is C8H5BrF3N3. The van der Waals surface area contributed by atoms with Gasteiger partial charge < -0.3 is 0 Å². The highest BCUT2D eigenvalue weighted by Gasteiger charge is 2.37. The Morgan fingerprint density at radius 2 is 2.07 bits per heavy atom. The van der Waals surface area contributed by atoms with Gasteiger partial charge in [-0.3, -0.25) is 4.68 Å². The molecule has 0 amide bonds. The SMILES string of the molecule is Cn1nc2ncc(Br)cc2c1C(F)(F)F. The van der Waals surface area contributed by atoms with Crippen LogP contribution in [0, 0.1) is 0 Å². The second kappa shape index (κ2) is 3.19. The van der Waals surface area contributed by atoms with Crippen LogP contribution in [0.15, 0.2) is 16.7 Å². The lowest BCUT2D eigenvalue weighted by atomic mass is 10.2. The van der Waals surface area contributed by atoms with Crippen molar-refractivity contribution in [2.45, 2.75) is 6.18 Å². The summed E-state index contributed by atoms with van der Waals surface area (Å²) in [6, 6.07) is 1.36. The van der Waals surface area contributed by atoms with E-state index in [0.29, 0.717) is 4.47 Å². The standard InChI is InChI=1S/C8H5BrF3N3/c1-15-6(8(10,11)12)5-2-4(9)3-13-7(5)14-15/h2-3H,1H3. The van der Waals surface area contributed by atoms with E-state index in [0.717, 1.165) is 4.68 Å². The van der Waals surface area contributed by atoms with Crippen LogP contribution in [0.3, 0.4) is 0 Å². The van der Waals surface area contributed by atoms with E-state index in [9.17, 15) is 13.2 Å². The molecule has 2 rings (SSSR count). The van der Waals surface area contributed by atoms with Crippen molar-refractivity contribution in [1.29, 1.82) is 0 Å². The Bertz CT molecular complexity index is 518. The summed E-state index contributed by atoms with van der Waals surface area (Å²) in [7, 11) is 1.25. The van der Waals surface area contributed by atoms with Gasteiger partial charge in [0, 0.05) is 17.7 Å². The van der Waals surface area contributed by atoms with E-state index in [1.54, 1.807) is 0 Å². The van der Waals surface area contributed by atoms with E-state index < -0.39 is 11.9 Å². The average Bonchev–Trinajstić information content (AvgIpc) is 2.38. The molecule has 0 saturated carbocycles. The monoisotopic (exact) mass is 279 g/mol. The fraction of sp³-hybridized carbons (Fsp3) is 0.250. The zero-order valence-electron chi connectivity index (χ0n) is 7.51. The molecule has 0 bridgehead atoms. The van der Waals surface area contributed by atoms with Gasteiger partial charge in [0.1, 0.15) is 0 Å². The molecule has 7 heteroatoms. The number of halogens is 4. The van der Waals surface area contributed by atoms with E-state index >= 15 is 0 Å². The Morgan fingerprint density at radius 3 is 2.67 bits per heavy atom. The molecule has 0 atom stereocenters. The van der Waals surface area contributed by atoms with Gasteiger partial charge in [0.2, 0.25) is 0 Å². The van der Waals surface area contributed by atoms with Crippen LogP contribution in [0.1, 0.15) is 5.69 Å². The van der Waals surface area contributed by atoms with Crippen molar-refractivity contribution in [1.82, 2.24) is 14.8 Å². The second-order valence-electron chi connectivity index (χ2n) is 2.99. The smallest absolute Gasteiger partial charge is 0.261 e. The maximum atomic E-state index is 12.6. The largest absolute Gasteiger partial charge is 0.433 e.